The molecule has 2 aromatic carbocycles. The molecule has 3 aromatic rings. The Balaban J connectivity index is 1.85. The molecular weight excluding hydrogens is 380 g/mol. The van der Waals surface area contributed by atoms with Gasteiger partial charge in [-0.15, -0.1) is 0 Å². The standard InChI is InChI=1S/C20H22N2O3S2/c1-13(2)27(24,25)16-10-8-15(9-11-16)12-18(23)21-20-22(4)19-14(3)6-5-7-17(19)26-20/h5-11,13H,12H2,1-4H3. The molecule has 0 aliphatic heterocycles. The van der Waals surface area contributed by atoms with E-state index in [0.29, 0.717) is 4.80 Å². The molecule has 5 nitrogen and oxygen atoms in total. The summed E-state index contributed by atoms with van der Waals surface area (Å²) >= 11 is 1.48. The SMILES string of the molecule is Cc1cccc2sc(=NC(=O)Cc3ccc(S(=O)(=O)C(C)C)cc3)n(C)c12. The molecule has 27 heavy (non-hydrogen) atoms. The zero-order valence-corrected chi connectivity index (χ0v) is 17.4. The third kappa shape index (κ3) is 3.89. The van der Waals surface area contributed by atoms with E-state index in [1.54, 1.807) is 38.1 Å². The normalized spacial score (nSPS) is 12.9. The van der Waals surface area contributed by atoms with Gasteiger partial charge in [0, 0.05) is 7.05 Å². The lowest BCUT2D eigenvalue weighted by atomic mass is 10.1. The second-order valence-corrected chi connectivity index (χ2v) is 10.3. The van der Waals surface area contributed by atoms with Gasteiger partial charge in [-0.3, -0.25) is 4.79 Å². The van der Waals surface area contributed by atoms with E-state index < -0.39 is 15.1 Å². The van der Waals surface area contributed by atoms with E-state index in [1.165, 1.54) is 11.3 Å². The van der Waals surface area contributed by atoms with Gasteiger partial charge in [0.25, 0.3) is 5.91 Å². The highest BCUT2D eigenvalue weighted by Gasteiger charge is 2.18. The molecule has 1 heterocycles. The Bertz CT molecular complexity index is 1170. The molecule has 0 N–H and O–H groups in total. The van der Waals surface area contributed by atoms with Gasteiger partial charge in [-0.05, 0) is 50.1 Å². The van der Waals surface area contributed by atoms with Gasteiger partial charge in [0.1, 0.15) is 0 Å². The number of sulfone groups is 1. The molecule has 0 saturated carbocycles. The van der Waals surface area contributed by atoms with E-state index in [9.17, 15) is 13.2 Å². The highest BCUT2D eigenvalue weighted by atomic mass is 32.2. The van der Waals surface area contributed by atoms with Gasteiger partial charge in [0.15, 0.2) is 14.6 Å². The molecule has 1 aromatic heterocycles. The van der Waals surface area contributed by atoms with Crippen LogP contribution in [0, 0.1) is 6.92 Å². The molecule has 3 rings (SSSR count). The number of hydrogen-bond donors (Lipinski definition) is 0. The lowest BCUT2D eigenvalue weighted by Crippen LogP contribution is -2.15. The Kier molecular flexibility index (Phi) is 5.35. The van der Waals surface area contributed by atoms with Crippen molar-refractivity contribution < 1.29 is 13.2 Å². The largest absolute Gasteiger partial charge is 0.319 e. The molecule has 0 radical (unpaired) electrons. The van der Waals surface area contributed by atoms with Crippen LogP contribution in [0.3, 0.4) is 0 Å². The smallest absolute Gasteiger partial charge is 0.252 e. The fourth-order valence-corrected chi connectivity index (χ4v) is 5.07. The highest BCUT2D eigenvalue weighted by Crippen LogP contribution is 2.20. The van der Waals surface area contributed by atoms with Gasteiger partial charge in [-0.2, -0.15) is 4.99 Å². The summed E-state index contributed by atoms with van der Waals surface area (Å²) in [7, 11) is -1.40. The summed E-state index contributed by atoms with van der Waals surface area (Å²) in [5.74, 6) is -0.255. The third-order valence-corrected chi connectivity index (χ3v) is 7.74. The first-order valence-corrected chi connectivity index (χ1v) is 11.0. The van der Waals surface area contributed by atoms with Crippen LogP contribution in [-0.2, 0) is 28.1 Å². The lowest BCUT2D eigenvalue weighted by Gasteiger charge is -2.08. The predicted molar refractivity (Wildman–Crippen MR) is 109 cm³/mol. The van der Waals surface area contributed by atoms with Crippen molar-refractivity contribution >= 4 is 37.3 Å². The zero-order valence-electron chi connectivity index (χ0n) is 15.8. The second kappa shape index (κ2) is 7.40. The number of rotatable bonds is 4. The van der Waals surface area contributed by atoms with Crippen LogP contribution in [0.2, 0.25) is 0 Å². The number of benzene rings is 2. The average Bonchev–Trinajstić information content (AvgIpc) is 2.92. The summed E-state index contributed by atoms with van der Waals surface area (Å²) < 4.78 is 27.4. The summed E-state index contributed by atoms with van der Waals surface area (Å²) in [6.45, 7) is 5.34. The van der Waals surface area contributed by atoms with Crippen molar-refractivity contribution in [3.63, 3.8) is 0 Å². The molecular formula is C20H22N2O3S2. The van der Waals surface area contributed by atoms with Crippen molar-refractivity contribution in [1.82, 2.24) is 4.57 Å². The second-order valence-electron chi connectivity index (χ2n) is 6.79. The van der Waals surface area contributed by atoms with Gasteiger partial charge in [0.05, 0.1) is 26.8 Å². The Hall–Kier alpha value is -2.25. The molecule has 0 aliphatic rings. The number of nitrogens with zero attached hydrogens (tertiary/aromatic N) is 2. The summed E-state index contributed by atoms with van der Waals surface area (Å²) in [6.07, 6.45) is 0.134. The van der Waals surface area contributed by atoms with Crippen molar-refractivity contribution in [2.75, 3.05) is 0 Å². The Labute approximate surface area is 162 Å². The van der Waals surface area contributed by atoms with Crippen LogP contribution in [0.4, 0.5) is 0 Å². The van der Waals surface area contributed by atoms with Crippen molar-refractivity contribution in [2.24, 2.45) is 12.0 Å². The van der Waals surface area contributed by atoms with Gasteiger partial charge in [-0.1, -0.05) is 35.6 Å². The fourth-order valence-electron chi connectivity index (χ4n) is 2.89. The van der Waals surface area contributed by atoms with Crippen molar-refractivity contribution in [3.8, 4) is 0 Å². The van der Waals surface area contributed by atoms with E-state index in [2.05, 4.69) is 4.99 Å². The first kappa shape index (κ1) is 19.5. The number of carbonyl (C=O) groups is 1. The Morgan fingerprint density at radius 3 is 2.41 bits per heavy atom. The minimum atomic E-state index is -3.31. The maximum absolute atomic E-state index is 12.4. The van der Waals surface area contributed by atoms with E-state index in [4.69, 9.17) is 0 Å². The monoisotopic (exact) mass is 402 g/mol. The molecule has 142 valence electrons. The average molecular weight is 403 g/mol. The quantitative estimate of drug-likeness (QED) is 0.672. The van der Waals surface area contributed by atoms with Crippen molar-refractivity contribution in [1.29, 1.82) is 0 Å². The molecule has 0 atom stereocenters. The minimum absolute atomic E-state index is 0.134. The highest BCUT2D eigenvalue weighted by molar-refractivity contribution is 7.92. The van der Waals surface area contributed by atoms with Gasteiger partial charge >= 0.3 is 0 Å². The third-order valence-electron chi connectivity index (χ3n) is 4.47. The first-order valence-electron chi connectivity index (χ1n) is 8.65. The van der Waals surface area contributed by atoms with Gasteiger partial charge in [-0.25, -0.2) is 8.42 Å². The molecule has 0 spiro atoms. The summed E-state index contributed by atoms with van der Waals surface area (Å²) in [4.78, 5) is 17.6. The van der Waals surface area contributed by atoms with Crippen molar-refractivity contribution in [3.05, 3.63) is 58.4 Å². The number of fused-ring (bicyclic) bond motifs is 1. The molecule has 0 aliphatic carbocycles. The van der Waals surface area contributed by atoms with Crippen LogP contribution in [0.15, 0.2) is 52.4 Å². The lowest BCUT2D eigenvalue weighted by molar-refractivity contribution is -0.117. The van der Waals surface area contributed by atoms with Crippen LogP contribution >= 0.6 is 11.3 Å². The topological polar surface area (TPSA) is 68.5 Å². The van der Waals surface area contributed by atoms with Crippen LogP contribution in [0.5, 0.6) is 0 Å². The number of para-hydroxylation sites is 1. The summed E-state index contributed by atoms with van der Waals surface area (Å²) in [5.41, 5.74) is 2.96. The maximum Gasteiger partial charge on any atom is 0.252 e. The number of aromatic nitrogens is 1. The van der Waals surface area contributed by atoms with Crippen molar-refractivity contribution in [2.45, 2.75) is 37.3 Å². The zero-order chi connectivity index (χ0) is 19.8. The van der Waals surface area contributed by atoms with E-state index in [-0.39, 0.29) is 17.2 Å². The van der Waals surface area contributed by atoms with Crippen LogP contribution in [0.25, 0.3) is 10.2 Å². The number of carbonyl (C=O) groups excluding carboxylic acids is 1. The number of thiazole rings is 1. The number of amides is 1. The first-order chi connectivity index (χ1) is 12.7. The van der Waals surface area contributed by atoms with Crippen LogP contribution in [-0.4, -0.2) is 24.1 Å². The van der Waals surface area contributed by atoms with Gasteiger partial charge < -0.3 is 4.57 Å². The molecule has 7 heteroatoms. The molecule has 1 amide bonds. The number of aryl methyl sites for hydroxylation is 2. The molecule has 0 unspecified atom stereocenters. The van der Waals surface area contributed by atoms with E-state index >= 15 is 0 Å². The molecule has 0 bridgehead atoms. The molecule has 0 fully saturated rings. The van der Waals surface area contributed by atoms with Crippen LogP contribution < -0.4 is 4.80 Å². The summed E-state index contributed by atoms with van der Waals surface area (Å²) in [5, 5.41) is -0.476. The maximum atomic E-state index is 12.4. The molecule has 0 saturated heterocycles. The number of hydrogen-bond acceptors (Lipinski definition) is 4. The van der Waals surface area contributed by atoms with E-state index in [1.807, 2.05) is 36.7 Å². The Morgan fingerprint density at radius 2 is 1.81 bits per heavy atom. The summed E-state index contributed by atoms with van der Waals surface area (Å²) in [6, 6.07) is 12.5. The van der Waals surface area contributed by atoms with Crippen LogP contribution in [0.1, 0.15) is 25.0 Å². The Morgan fingerprint density at radius 1 is 1.15 bits per heavy atom. The van der Waals surface area contributed by atoms with E-state index in [0.717, 1.165) is 21.3 Å². The predicted octanol–water partition coefficient (Wildman–Crippen LogP) is 3.40. The minimum Gasteiger partial charge on any atom is -0.319 e. The fraction of sp³-hybridized carbons (Fsp3) is 0.300. The van der Waals surface area contributed by atoms with Gasteiger partial charge in [0.2, 0.25) is 0 Å².